The Balaban J connectivity index is 4.32. The van der Waals surface area contributed by atoms with E-state index in [0.717, 1.165) is 19.3 Å². The lowest BCUT2D eigenvalue weighted by Crippen LogP contribution is -2.50. The summed E-state index contributed by atoms with van der Waals surface area (Å²) in [5, 5.41) is 12.2. The summed E-state index contributed by atoms with van der Waals surface area (Å²) in [6.45, 7) is 10.4. The number of unbranched alkanes of at least 4 members (excludes halogenated alkanes) is 13. The molecule has 0 saturated heterocycles. The van der Waals surface area contributed by atoms with E-state index in [1.807, 2.05) is 27.7 Å². The van der Waals surface area contributed by atoms with Crippen molar-refractivity contribution in [1.29, 1.82) is 0 Å². The van der Waals surface area contributed by atoms with Crippen molar-refractivity contribution in [2.45, 2.75) is 150 Å². The van der Waals surface area contributed by atoms with Gasteiger partial charge in [-0.25, -0.2) is 4.79 Å². The molecule has 0 aliphatic heterocycles. The predicted molar refractivity (Wildman–Crippen MR) is 146 cm³/mol. The van der Waals surface area contributed by atoms with Gasteiger partial charge in [0.25, 0.3) is 0 Å². The Kier molecular flexibility index (Phi) is 20.7. The van der Waals surface area contributed by atoms with Crippen LogP contribution in [0.15, 0.2) is 0 Å². The van der Waals surface area contributed by atoms with Crippen molar-refractivity contribution in [2.24, 2.45) is 11.8 Å². The maximum Gasteiger partial charge on any atom is 0.324 e. The molecule has 0 saturated carbocycles. The number of hydrogen-bond acceptors (Lipinski definition) is 3. The summed E-state index contributed by atoms with van der Waals surface area (Å²) in [4.78, 5) is 38.5. The van der Waals surface area contributed by atoms with Gasteiger partial charge in [0.15, 0.2) is 0 Å². The topological polar surface area (TPSA) is 86.7 Å². The van der Waals surface area contributed by atoms with E-state index in [-0.39, 0.29) is 24.3 Å². The molecule has 0 aromatic heterocycles. The van der Waals surface area contributed by atoms with Crippen LogP contribution in [0.25, 0.3) is 0 Å². The van der Waals surface area contributed by atoms with E-state index in [4.69, 9.17) is 0 Å². The van der Waals surface area contributed by atoms with E-state index in [9.17, 15) is 19.5 Å². The minimum atomic E-state index is -0.985. The number of imide groups is 1. The van der Waals surface area contributed by atoms with Crippen molar-refractivity contribution in [2.75, 3.05) is 6.54 Å². The number of carboxylic acids is 1. The zero-order chi connectivity index (χ0) is 26.5. The molecular formula is C29H56N2O4. The van der Waals surface area contributed by atoms with Crippen molar-refractivity contribution < 1.29 is 19.5 Å². The van der Waals surface area contributed by atoms with Crippen LogP contribution in [-0.2, 0) is 9.59 Å². The van der Waals surface area contributed by atoms with Crippen LogP contribution in [0.3, 0.4) is 0 Å². The molecule has 0 aromatic rings. The van der Waals surface area contributed by atoms with Gasteiger partial charge in [0.1, 0.15) is 0 Å². The Morgan fingerprint density at radius 2 is 1.17 bits per heavy atom. The molecule has 1 unspecified atom stereocenters. The van der Waals surface area contributed by atoms with E-state index < -0.39 is 17.9 Å². The number of nitrogens with one attached hydrogen (secondary N) is 1. The molecule has 2 atom stereocenters. The number of aliphatic carboxylic acids is 1. The molecule has 35 heavy (non-hydrogen) atoms. The van der Waals surface area contributed by atoms with Crippen LogP contribution in [0.4, 0.5) is 4.79 Å². The van der Waals surface area contributed by atoms with Crippen molar-refractivity contribution in [3.05, 3.63) is 0 Å². The number of carboxylic acid groups (broad SMARTS) is 1. The average molecular weight is 497 g/mol. The minimum Gasteiger partial charge on any atom is -0.481 e. The Bertz CT molecular complexity index is 565. The van der Waals surface area contributed by atoms with Gasteiger partial charge in [-0.3, -0.25) is 14.5 Å². The summed E-state index contributed by atoms with van der Waals surface area (Å²) < 4.78 is 0. The number of amides is 3. The normalized spacial score (nSPS) is 13.0. The largest absolute Gasteiger partial charge is 0.481 e. The Morgan fingerprint density at radius 1 is 0.714 bits per heavy atom. The second-order valence-electron chi connectivity index (χ2n) is 10.7. The highest BCUT2D eigenvalue weighted by atomic mass is 16.4. The second-order valence-corrected chi connectivity index (χ2v) is 10.7. The fraction of sp³-hybridized carbons (Fsp3) is 0.897. The van der Waals surface area contributed by atoms with Gasteiger partial charge in [0.05, 0.1) is 6.42 Å². The highest BCUT2D eigenvalue weighted by Gasteiger charge is 2.30. The molecule has 0 aromatic carbocycles. The van der Waals surface area contributed by atoms with E-state index >= 15 is 0 Å². The van der Waals surface area contributed by atoms with Gasteiger partial charge in [0, 0.05) is 18.5 Å². The Morgan fingerprint density at radius 3 is 1.57 bits per heavy atom. The second kappa shape index (κ2) is 21.7. The van der Waals surface area contributed by atoms with Gasteiger partial charge in [-0.05, 0) is 25.7 Å². The fourth-order valence-corrected chi connectivity index (χ4v) is 4.30. The average Bonchev–Trinajstić information content (AvgIpc) is 2.81. The molecule has 0 rings (SSSR count). The Hall–Kier alpha value is -1.59. The number of carbonyl (C=O) groups excluding carboxylic acids is 2. The van der Waals surface area contributed by atoms with Crippen molar-refractivity contribution in [3.8, 4) is 0 Å². The summed E-state index contributed by atoms with van der Waals surface area (Å²) in [6.07, 6.45) is 18.5. The lowest BCUT2D eigenvalue weighted by atomic mass is 9.95. The molecule has 2 N–H and O–H groups in total. The first-order chi connectivity index (χ1) is 16.7. The maximum atomic E-state index is 13.1. The van der Waals surface area contributed by atoms with E-state index in [1.54, 1.807) is 0 Å². The van der Waals surface area contributed by atoms with Gasteiger partial charge < -0.3 is 10.4 Å². The summed E-state index contributed by atoms with van der Waals surface area (Å²) >= 11 is 0. The molecule has 0 aliphatic rings. The lowest BCUT2D eigenvalue weighted by molar-refractivity contribution is -0.143. The maximum absolute atomic E-state index is 13.1. The quantitative estimate of drug-likeness (QED) is 0.149. The first-order valence-electron chi connectivity index (χ1n) is 14.6. The monoisotopic (exact) mass is 496 g/mol. The van der Waals surface area contributed by atoms with Gasteiger partial charge in [-0.2, -0.15) is 0 Å². The van der Waals surface area contributed by atoms with Crippen LogP contribution in [0.2, 0.25) is 0 Å². The van der Waals surface area contributed by atoms with Gasteiger partial charge in [-0.1, -0.05) is 118 Å². The van der Waals surface area contributed by atoms with Crippen LogP contribution in [0.1, 0.15) is 144 Å². The molecule has 206 valence electrons. The molecule has 0 fully saturated rings. The van der Waals surface area contributed by atoms with E-state index in [0.29, 0.717) is 19.4 Å². The molecule has 0 bridgehead atoms. The standard InChI is InChI=1S/C29H56N2O4/c1-6-8-9-10-11-12-13-14-15-16-17-18-19-20-21-26(23-27(32)33)28(34)31(22-7-2)29(35)30-25(5)24(3)4/h24-26H,6-23H2,1-5H3,(H,30,35)(H,32,33)/t25-,26?/m0/s1. The first kappa shape index (κ1) is 33.4. The molecule has 0 aliphatic carbocycles. The molecule has 3 amide bonds. The molecule has 0 radical (unpaired) electrons. The van der Waals surface area contributed by atoms with Crippen molar-refractivity contribution in [3.63, 3.8) is 0 Å². The van der Waals surface area contributed by atoms with Crippen LogP contribution >= 0.6 is 0 Å². The summed E-state index contributed by atoms with van der Waals surface area (Å²) in [6, 6.07) is -0.465. The third kappa shape index (κ3) is 17.5. The highest BCUT2D eigenvalue weighted by molar-refractivity contribution is 5.96. The number of urea groups is 1. The molecule has 0 spiro atoms. The van der Waals surface area contributed by atoms with Gasteiger partial charge in [0.2, 0.25) is 5.91 Å². The van der Waals surface area contributed by atoms with Crippen molar-refractivity contribution >= 4 is 17.9 Å². The van der Waals surface area contributed by atoms with E-state index in [2.05, 4.69) is 12.2 Å². The third-order valence-corrected chi connectivity index (χ3v) is 6.99. The minimum absolute atomic E-state index is 0.0571. The van der Waals surface area contributed by atoms with Crippen LogP contribution in [-0.4, -0.2) is 40.5 Å². The molecule has 6 nitrogen and oxygen atoms in total. The van der Waals surface area contributed by atoms with Gasteiger partial charge >= 0.3 is 12.0 Å². The van der Waals surface area contributed by atoms with E-state index in [1.165, 1.54) is 75.5 Å². The summed E-state index contributed by atoms with van der Waals surface area (Å²) in [5.74, 6) is -1.72. The fourth-order valence-electron chi connectivity index (χ4n) is 4.30. The zero-order valence-corrected chi connectivity index (χ0v) is 23.6. The van der Waals surface area contributed by atoms with Crippen LogP contribution in [0.5, 0.6) is 0 Å². The SMILES string of the molecule is CCCCCCCCCCCCCCCCC(CC(=O)O)C(=O)N(CCC)C(=O)N[C@@H](C)C(C)C. The molecule has 6 heteroatoms. The number of carbonyl (C=O) groups is 3. The van der Waals surface area contributed by atoms with Gasteiger partial charge in [-0.15, -0.1) is 0 Å². The smallest absolute Gasteiger partial charge is 0.324 e. The molecule has 0 heterocycles. The van der Waals surface area contributed by atoms with Crippen LogP contribution in [0, 0.1) is 11.8 Å². The predicted octanol–water partition coefficient (Wildman–Crippen LogP) is 7.94. The summed E-state index contributed by atoms with van der Waals surface area (Å²) in [5.41, 5.74) is 0. The van der Waals surface area contributed by atoms with Crippen LogP contribution < -0.4 is 5.32 Å². The summed E-state index contributed by atoms with van der Waals surface area (Å²) in [7, 11) is 0. The lowest BCUT2D eigenvalue weighted by Gasteiger charge is -2.27. The Labute approximate surface area is 216 Å². The number of rotatable bonds is 22. The third-order valence-electron chi connectivity index (χ3n) is 6.99. The number of hydrogen-bond donors (Lipinski definition) is 2. The van der Waals surface area contributed by atoms with Crippen molar-refractivity contribution in [1.82, 2.24) is 10.2 Å². The number of nitrogens with zero attached hydrogens (tertiary/aromatic N) is 1. The molecular weight excluding hydrogens is 440 g/mol. The zero-order valence-electron chi connectivity index (χ0n) is 23.6. The first-order valence-corrected chi connectivity index (χ1v) is 14.6. The highest BCUT2D eigenvalue weighted by Crippen LogP contribution is 2.20.